The summed E-state index contributed by atoms with van der Waals surface area (Å²) in [6.07, 6.45) is -4.16. The molecule has 1 aliphatic heterocycles. The highest BCUT2D eigenvalue weighted by Gasteiger charge is 2.41. The Morgan fingerprint density at radius 1 is 1.45 bits per heavy atom. The van der Waals surface area contributed by atoms with Crippen molar-refractivity contribution in [1.29, 1.82) is 0 Å². The van der Waals surface area contributed by atoms with Crippen LogP contribution in [-0.4, -0.2) is 36.7 Å². The molecule has 0 atom stereocenters. The lowest BCUT2D eigenvalue weighted by Gasteiger charge is -2.33. The van der Waals surface area contributed by atoms with E-state index in [0.717, 1.165) is 11.5 Å². The van der Waals surface area contributed by atoms with E-state index in [0.29, 0.717) is 5.00 Å². The number of methoxy groups -OCH3 is 1. The Morgan fingerprint density at radius 2 is 2.05 bits per heavy atom. The van der Waals surface area contributed by atoms with Gasteiger partial charge in [-0.25, -0.2) is 4.79 Å². The van der Waals surface area contributed by atoms with Crippen LogP contribution in [0.4, 0.5) is 24.0 Å². The van der Waals surface area contributed by atoms with Gasteiger partial charge in [0.1, 0.15) is 10.6 Å². The van der Waals surface area contributed by atoms with E-state index < -0.39 is 18.1 Å². The van der Waals surface area contributed by atoms with Gasteiger partial charge in [-0.3, -0.25) is 0 Å². The normalized spacial score (nSPS) is 17.3. The first kappa shape index (κ1) is 14.9. The number of nitrogens with zero attached hydrogens (tertiary/aromatic N) is 2. The van der Waals surface area contributed by atoms with E-state index in [4.69, 9.17) is 5.73 Å². The minimum Gasteiger partial charge on any atom is -0.465 e. The number of piperidine rings is 1. The summed E-state index contributed by atoms with van der Waals surface area (Å²) in [6.45, 7) is 0.436. The zero-order valence-electron chi connectivity index (χ0n) is 10.7. The Morgan fingerprint density at radius 3 is 2.55 bits per heavy atom. The molecule has 1 aromatic rings. The molecular weight excluding hydrogens is 295 g/mol. The van der Waals surface area contributed by atoms with E-state index in [1.165, 1.54) is 7.11 Å². The van der Waals surface area contributed by atoms with E-state index in [-0.39, 0.29) is 37.3 Å². The molecule has 112 valence electrons. The first-order valence-corrected chi connectivity index (χ1v) is 6.77. The van der Waals surface area contributed by atoms with E-state index >= 15 is 0 Å². The van der Waals surface area contributed by atoms with E-state index in [1.807, 2.05) is 0 Å². The van der Waals surface area contributed by atoms with Gasteiger partial charge in [-0.15, -0.1) is 0 Å². The smallest absolute Gasteiger partial charge is 0.391 e. The summed E-state index contributed by atoms with van der Waals surface area (Å²) < 4.78 is 46.4. The summed E-state index contributed by atoms with van der Waals surface area (Å²) >= 11 is 1.00. The van der Waals surface area contributed by atoms with Crippen LogP contribution in [-0.2, 0) is 4.74 Å². The van der Waals surface area contributed by atoms with Gasteiger partial charge < -0.3 is 15.4 Å². The van der Waals surface area contributed by atoms with Crippen molar-refractivity contribution in [2.75, 3.05) is 30.8 Å². The van der Waals surface area contributed by atoms with Gasteiger partial charge in [0.05, 0.1) is 13.0 Å². The number of hydrogen-bond donors (Lipinski definition) is 1. The quantitative estimate of drug-likeness (QED) is 0.849. The summed E-state index contributed by atoms with van der Waals surface area (Å²) in [7, 11) is 1.22. The Balaban J connectivity index is 2.14. The van der Waals surface area contributed by atoms with Crippen molar-refractivity contribution in [2.24, 2.45) is 5.92 Å². The Labute approximate surface area is 117 Å². The SMILES string of the molecule is COC(=O)c1c(N)nsc1N1CCC(C(F)(F)F)CC1. The van der Waals surface area contributed by atoms with Crippen molar-refractivity contribution in [3.05, 3.63) is 5.56 Å². The number of rotatable bonds is 2. The molecule has 20 heavy (non-hydrogen) atoms. The summed E-state index contributed by atoms with van der Waals surface area (Å²) in [5.41, 5.74) is 5.75. The molecule has 9 heteroatoms. The number of ether oxygens (including phenoxy) is 1. The Bertz CT molecular complexity index is 496. The van der Waals surface area contributed by atoms with Crippen LogP contribution in [0.15, 0.2) is 0 Å². The van der Waals surface area contributed by atoms with Crippen LogP contribution in [0.3, 0.4) is 0 Å². The van der Waals surface area contributed by atoms with E-state index in [9.17, 15) is 18.0 Å². The molecule has 1 aromatic heterocycles. The van der Waals surface area contributed by atoms with Crippen molar-refractivity contribution in [3.8, 4) is 0 Å². The molecule has 0 spiro atoms. The standard InChI is InChI=1S/C11H14F3N3O2S/c1-19-10(18)7-8(15)16-20-9(7)17-4-2-6(3-5-17)11(12,13)14/h6H,2-5H2,1H3,(H2,15,16). The van der Waals surface area contributed by atoms with Crippen LogP contribution in [0.2, 0.25) is 0 Å². The summed E-state index contributed by atoms with van der Waals surface area (Å²) in [5, 5.41) is 0.481. The lowest BCUT2D eigenvalue weighted by Crippen LogP contribution is -2.39. The molecule has 1 saturated heterocycles. The number of nitrogens with two attached hydrogens (primary N) is 1. The minimum atomic E-state index is -4.16. The number of carbonyl (C=O) groups is 1. The molecule has 0 aliphatic carbocycles. The van der Waals surface area contributed by atoms with Gasteiger partial charge >= 0.3 is 12.1 Å². The van der Waals surface area contributed by atoms with Gasteiger partial charge in [0.25, 0.3) is 0 Å². The number of hydrogen-bond acceptors (Lipinski definition) is 6. The molecule has 5 nitrogen and oxygen atoms in total. The van der Waals surface area contributed by atoms with Crippen molar-refractivity contribution >= 4 is 28.3 Å². The van der Waals surface area contributed by atoms with Gasteiger partial charge in [-0.2, -0.15) is 17.5 Å². The summed E-state index contributed by atoms with van der Waals surface area (Å²) in [4.78, 5) is 13.4. The number of aromatic nitrogens is 1. The van der Waals surface area contributed by atoms with Crippen LogP contribution < -0.4 is 10.6 Å². The molecule has 1 fully saturated rings. The zero-order chi connectivity index (χ0) is 14.9. The second kappa shape index (κ2) is 5.47. The fraction of sp³-hybridized carbons (Fsp3) is 0.636. The Kier molecular flexibility index (Phi) is 4.07. The average Bonchev–Trinajstić information content (AvgIpc) is 2.79. The third kappa shape index (κ3) is 2.82. The van der Waals surface area contributed by atoms with Gasteiger partial charge in [-0.05, 0) is 24.4 Å². The number of halogens is 3. The van der Waals surface area contributed by atoms with Crippen molar-refractivity contribution in [1.82, 2.24) is 4.37 Å². The number of anilines is 2. The van der Waals surface area contributed by atoms with Crippen LogP contribution in [0, 0.1) is 5.92 Å². The van der Waals surface area contributed by atoms with Gasteiger partial charge in [0.15, 0.2) is 5.82 Å². The fourth-order valence-electron chi connectivity index (χ4n) is 2.21. The van der Waals surface area contributed by atoms with Crippen LogP contribution in [0.25, 0.3) is 0 Å². The molecule has 0 amide bonds. The second-order valence-corrected chi connectivity index (χ2v) is 5.29. The number of nitrogen functional groups attached to an aromatic ring is 1. The molecule has 0 aromatic carbocycles. The highest BCUT2D eigenvalue weighted by atomic mass is 32.1. The highest BCUT2D eigenvalue weighted by Crippen LogP contribution is 2.38. The van der Waals surface area contributed by atoms with Crippen molar-refractivity contribution in [3.63, 3.8) is 0 Å². The first-order chi connectivity index (χ1) is 9.34. The molecular formula is C11H14F3N3O2S. The highest BCUT2D eigenvalue weighted by molar-refractivity contribution is 7.11. The molecule has 1 aliphatic rings. The maximum atomic E-state index is 12.6. The molecule has 0 saturated carbocycles. The Hall–Kier alpha value is -1.51. The zero-order valence-corrected chi connectivity index (χ0v) is 11.6. The van der Waals surface area contributed by atoms with Crippen LogP contribution in [0.1, 0.15) is 23.2 Å². The van der Waals surface area contributed by atoms with Crippen molar-refractivity contribution in [2.45, 2.75) is 19.0 Å². The summed E-state index contributed by atoms with van der Waals surface area (Å²) in [5.74, 6) is -1.86. The predicted octanol–water partition coefficient (Wildman–Crippen LogP) is 2.29. The molecule has 0 bridgehead atoms. The molecule has 2 N–H and O–H groups in total. The van der Waals surface area contributed by atoms with Gasteiger partial charge in [0, 0.05) is 13.1 Å². The lowest BCUT2D eigenvalue weighted by atomic mass is 9.96. The lowest BCUT2D eigenvalue weighted by molar-refractivity contribution is -0.179. The maximum absolute atomic E-state index is 12.6. The third-order valence-electron chi connectivity index (χ3n) is 3.34. The molecule has 0 radical (unpaired) electrons. The topological polar surface area (TPSA) is 68.5 Å². The van der Waals surface area contributed by atoms with E-state index in [2.05, 4.69) is 9.11 Å². The molecule has 2 heterocycles. The molecule has 0 unspecified atom stereocenters. The number of esters is 1. The average molecular weight is 309 g/mol. The third-order valence-corrected chi connectivity index (χ3v) is 4.26. The van der Waals surface area contributed by atoms with Crippen LogP contribution in [0.5, 0.6) is 0 Å². The van der Waals surface area contributed by atoms with E-state index in [1.54, 1.807) is 4.90 Å². The van der Waals surface area contributed by atoms with Crippen molar-refractivity contribution < 1.29 is 22.7 Å². The fourth-order valence-corrected chi connectivity index (χ4v) is 3.07. The molecule has 2 rings (SSSR count). The van der Waals surface area contributed by atoms with Crippen LogP contribution >= 0.6 is 11.5 Å². The monoisotopic (exact) mass is 309 g/mol. The maximum Gasteiger partial charge on any atom is 0.391 e. The minimum absolute atomic E-state index is 0.00190. The second-order valence-electron chi connectivity index (χ2n) is 4.54. The van der Waals surface area contributed by atoms with Gasteiger partial charge in [-0.1, -0.05) is 0 Å². The summed E-state index contributed by atoms with van der Waals surface area (Å²) in [6, 6.07) is 0. The number of carbonyl (C=O) groups excluding carboxylic acids is 1. The van der Waals surface area contributed by atoms with Gasteiger partial charge in [0.2, 0.25) is 0 Å². The predicted molar refractivity (Wildman–Crippen MR) is 68.9 cm³/mol. The number of alkyl halides is 3. The first-order valence-electron chi connectivity index (χ1n) is 5.99. The largest absolute Gasteiger partial charge is 0.465 e.